The summed E-state index contributed by atoms with van der Waals surface area (Å²) in [5.41, 5.74) is -0.765. The lowest BCUT2D eigenvalue weighted by molar-refractivity contribution is -0.125. The molecule has 1 aliphatic rings. The van der Waals surface area contributed by atoms with Gasteiger partial charge in [-0.2, -0.15) is 0 Å². The molecule has 192 valence electrons. The molecule has 0 aliphatic carbocycles. The Balaban J connectivity index is 2.56. The Hall–Kier alpha value is -2.13. The van der Waals surface area contributed by atoms with Crippen molar-refractivity contribution in [2.75, 3.05) is 0 Å². The van der Waals surface area contributed by atoms with Gasteiger partial charge in [-0.15, -0.1) is 0 Å². The number of hydrogen-bond donors (Lipinski definition) is 1. The van der Waals surface area contributed by atoms with Gasteiger partial charge in [-0.25, -0.2) is 26.3 Å². The normalized spacial score (nSPS) is 22.0. The van der Waals surface area contributed by atoms with Crippen molar-refractivity contribution >= 4 is 5.78 Å². The van der Waals surface area contributed by atoms with Crippen molar-refractivity contribution in [1.29, 1.82) is 0 Å². The Morgan fingerprint density at radius 1 is 0.912 bits per heavy atom. The van der Waals surface area contributed by atoms with Gasteiger partial charge in [-0.3, -0.25) is 4.79 Å². The molecule has 1 N–H and O–H groups in total. The number of halogens is 6. The van der Waals surface area contributed by atoms with E-state index in [2.05, 4.69) is 0 Å². The largest absolute Gasteiger partial charge is 0.383 e. The fourth-order valence-electron chi connectivity index (χ4n) is 2.92. The number of hydrogen-bond acceptors (Lipinski definition) is 3. The minimum Gasteiger partial charge on any atom is -0.383 e. The van der Waals surface area contributed by atoms with Gasteiger partial charge in [-0.05, 0) is 26.2 Å². The Bertz CT molecular complexity index is 870. The molecule has 1 heterocycles. The monoisotopic (exact) mass is 494 g/mol. The number of epoxide rings is 1. The van der Waals surface area contributed by atoms with Crippen LogP contribution in [0.25, 0.3) is 0 Å². The fraction of sp³-hybridized carbons (Fsp3) is 0.560. The number of ether oxygens (including phenoxy) is 1. The van der Waals surface area contributed by atoms with E-state index in [-0.39, 0.29) is 31.5 Å². The maximum atomic E-state index is 14.1. The SMILES string of the molecule is CC/C(F)=C(/F)C/C=C\C/C=C\C/C(F)=C(/F)C/C(F)=C(/F)C(O)C1OC1CC(C)(C)C(C)=O. The molecule has 0 spiro atoms. The van der Waals surface area contributed by atoms with Crippen molar-refractivity contribution in [1.82, 2.24) is 0 Å². The predicted octanol–water partition coefficient (Wildman–Crippen LogP) is 7.65. The molecule has 0 amide bonds. The Labute approximate surface area is 196 Å². The summed E-state index contributed by atoms with van der Waals surface area (Å²) in [5.74, 6) is -7.93. The van der Waals surface area contributed by atoms with Crippen LogP contribution in [-0.4, -0.2) is 29.2 Å². The van der Waals surface area contributed by atoms with Crippen LogP contribution in [0.4, 0.5) is 26.3 Å². The highest BCUT2D eigenvalue weighted by atomic mass is 19.2. The molecular weight excluding hydrogens is 462 g/mol. The molecule has 1 saturated heterocycles. The zero-order chi connectivity index (χ0) is 26.1. The van der Waals surface area contributed by atoms with Crippen LogP contribution >= 0.6 is 0 Å². The zero-order valence-electron chi connectivity index (χ0n) is 19.8. The summed E-state index contributed by atoms with van der Waals surface area (Å²) in [6.07, 6.45) is 0.309. The average molecular weight is 495 g/mol. The molecule has 34 heavy (non-hydrogen) atoms. The molecule has 0 aromatic carbocycles. The number of carbonyl (C=O) groups is 1. The maximum Gasteiger partial charge on any atom is 0.163 e. The van der Waals surface area contributed by atoms with Crippen molar-refractivity contribution in [3.05, 3.63) is 59.3 Å². The maximum absolute atomic E-state index is 14.1. The van der Waals surface area contributed by atoms with Crippen LogP contribution in [0.2, 0.25) is 0 Å². The minimum atomic E-state index is -1.99. The Kier molecular flexibility index (Phi) is 12.0. The quantitative estimate of drug-likeness (QED) is 0.153. The first kappa shape index (κ1) is 29.9. The number of Topliss-reactive ketones (excluding diaryl/α,β-unsaturated/α-hetero) is 1. The van der Waals surface area contributed by atoms with E-state index in [4.69, 9.17) is 4.74 Å². The smallest absolute Gasteiger partial charge is 0.163 e. The molecule has 9 heteroatoms. The molecule has 0 bridgehead atoms. The van der Waals surface area contributed by atoms with Gasteiger partial charge in [0.2, 0.25) is 0 Å². The summed E-state index contributed by atoms with van der Waals surface area (Å²) in [6.45, 7) is 6.19. The molecule has 0 aromatic rings. The fourth-order valence-corrected chi connectivity index (χ4v) is 2.92. The van der Waals surface area contributed by atoms with E-state index < -0.39 is 71.5 Å². The molecule has 0 radical (unpaired) electrons. The lowest BCUT2D eigenvalue weighted by Gasteiger charge is -2.19. The summed E-state index contributed by atoms with van der Waals surface area (Å²) >= 11 is 0. The number of allylic oxidation sites excluding steroid dienone is 9. The average Bonchev–Trinajstić information content (AvgIpc) is 3.54. The number of aliphatic hydroxyl groups is 1. The molecule has 0 saturated carbocycles. The van der Waals surface area contributed by atoms with E-state index in [0.29, 0.717) is 0 Å². The van der Waals surface area contributed by atoms with Crippen molar-refractivity contribution in [2.45, 2.75) is 84.5 Å². The van der Waals surface area contributed by atoms with Crippen LogP contribution in [0.5, 0.6) is 0 Å². The molecule has 1 rings (SSSR count). The van der Waals surface area contributed by atoms with Crippen LogP contribution in [0.1, 0.15) is 66.2 Å². The number of aliphatic hydroxyl groups excluding tert-OH is 1. The van der Waals surface area contributed by atoms with Gasteiger partial charge in [0.25, 0.3) is 0 Å². The predicted molar refractivity (Wildman–Crippen MR) is 119 cm³/mol. The first-order valence-electron chi connectivity index (χ1n) is 11.1. The topological polar surface area (TPSA) is 49.8 Å². The van der Waals surface area contributed by atoms with Crippen molar-refractivity contribution < 1.29 is 41.0 Å². The van der Waals surface area contributed by atoms with E-state index >= 15 is 0 Å². The summed E-state index contributed by atoms with van der Waals surface area (Å²) in [7, 11) is 0. The summed E-state index contributed by atoms with van der Waals surface area (Å²) in [5, 5.41) is 9.93. The second-order valence-electron chi connectivity index (χ2n) is 8.72. The Morgan fingerprint density at radius 2 is 1.44 bits per heavy atom. The minimum absolute atomic E-state index is 0.0380. The zero-order valence-corrected chi connectivity index (χ0v) is 19.8. The highest BCUT2D eigenvalue weighted by Gasteiger charge is 2.49. The van der Waals surface area contributed by atoms with Crippen molar-refractivity contribution in [2.24, 2.45) is 5.41 Å². The Morgan fingerprint density at radius 3 is 1.94 bits per heavy atom. The summed E-state index contributed by atoms with van der Waals surface area (Å²) < 4.78 is 87.1. The highest BCUT2D eigenvalue weighted by Crippen LogP contribution is 2.39. The van der Waals surface area contributed by atoms with Gasteiger partial charge in [0.15, 0.2) is 5.83 Å². The van der Waals surface area contributed by atoms with Crippen LogP contribution in [-0.2, 0) is 9.53 Å². The third-order valence-corrected chi connectivity index (χ3v) is 5.53. The second kappa shape index (κ2) is 13.7. The van der Waals surface area contributed by atoms with E-state index in [1.165, 1.54) is 38.2 Å². The van der Waals surface area contributed by atoms with Gasteiger partial charge in [0.05, 0.1) is 12.5 Å². The molecule has 3 nitrogen and oxygen atoms in total. The summed E-state index contributed by atoms with van der Waals surface area (Å²) in [4.78, 5) is 11.6. The van der Waals surface area contributed by atoms with Crippen LogP contribution < -0.4 is 0 Å². The molecular formula is C25H32F6O3. The van der Waals surface area contributed by atoms with Crippen molar-refractivity contribution in [3.8, 4) is 0 Å². The highest BCUT2D eigenvalue weighted by molar-refractivity contribution is 5.81. The molecule has 1 aliphatic heterocycles. The standard InChI is InChI=1S/C25H32F6O3/c1-5-16(26)17(27)11-9-7-6-8-10-12-18(28)19(29)13-20(30)22(31)23(33)24-21(34-24)14-25(3,4)15(2)32/h7-10,21,23-24,33H,5-6,11-14H2,1-4H3/b9-7-,10-8-,17-16-,19-18-,22-20-. The second-order valence-corrected chi connectivity index (χ2v) is 8.72. The molecule has 3 atom stereocenters. The lowest BCUT2D eigenvalue weighted by Crippen LogP contribution is -2.26. The van der Waals surface area contributed by atoms with Gasteiger partial charge < -0.3 is 9.84 Å². The van der Waals surface area contributed by atoms with Crippen LogP contribution in [0.15, 0.2) is 59.3 Å². The number of ketones is 1. The summed E-state index contributed by atoms with van der Waals surface area (Å²) in [6, 6.07) is 0. The molecule has 3 unspecified atom stereocenters. The first-order chi connectivity index (χ1) is 15.8. The third-order valence-electron chi connectivity index (χ3n) is 5.53. The number of rotatable bonds is 14. The van der Waals surface area contributed by atoms with Gasteiger partial charge in [-0.1, -0.05) is 45.1 Å². The van der Waals surface area contributed by atoms with E-state index in [1.807, 2.05) is 0 Å². The molecule has 0 aromatic heterocycles. The number of carbonyl (C=O) groups excluding carboxylic acids is 1. The van der Waals surface area contributed by atoms with Crippen molar-refractivity contribution in [3.63, 3.8) is 0 Å². The lowest BCUT2D eigenvalue weighted by atomic mass is 9.83. The van der Waals surface area contributed by atoms with E-state index in [1.54, 1.807) is 13.8 Å². The third kappa shape index (κ3) is 9.62. The van der Waals surface area contributed by atoms with Gasteiger partial charge >= 0.3 is 0 Å². The van der Waals surface area contributed by atoms with E-state index in [0.717, 1.165) is 0 Å². The van der Waals surface area contributed by atoms with Crippen LogP contribution in [0, 0.1) is 5.41 Å². The first-order valence-corrected chi connectivity index (χ1v) is 11.1. The molecule has 1 fully saturated rings. The van der Waals surface area contributed by atoms with Crippen LogP contribution in [0.3, 0.4) is 0 Å². The van der Waals surface area contributed by atoms with Gasteiger partial charge in [0, 0.05) is 18.3 Å². The van der Waals surface area contributed by atoms with Gasteiger partial charge in [0.1, 0.15) is 47.1 Å². The van der Waals surface area contributed by atoms with E-state index in [9.17, 15) is 36.2 Å².